The number of hydrogen-bond donors (Lipinski definition) is 0. The fourth-order valence-corrected chi connectivity index (χ4v) is 5.46. The second-order valence-corrected chi connectivity index (χ2v) is 9.78. The molecular weight excluding hydrogens is 432 g/mol. The number of sulfone groups is 1. The second-order valence-electron chi connectivity index (χ2n) is 7.56. The van der Waals surface area contributed by atoms with Crippen molar-refractivity contribution in [1.29, 1.82) is 0 Å². The third-order valence-corrected chi connectivity index (χ3v) is 7.15. The third-order valence-electron chi connectivity index (χ3n) is 5.40. The van der Waals surface area contributed by atoms with Crippen LogP contribution >= 0.6 is 0 Å². The molecule has 3 rings (SSSR count). The lowest BCUT2D eigenvalue weighted by atomic mass is 10.1. The zero-order valence-corrected chi connectivity index (χ0v) is 18.6. The minimum absolute atomic E-state index is 0.0298. The maximum Gasteiger partial charge on any atom is 0.387 e. The number of nitrogens with zero attached hydrogens (tertiary/aromatic N) is 3. The number of hydrogen-bond acceptors (Lipinski definition) is 6. The Bertz CT molecular complexity index is 1080. The minimum atomic E-state index is -3.05. The van der Waals surface area contributed by atoms with Crippen LogP contribution in [-0.4, -0.2) is 61.3 Å². The molecule has 1 aliphatic heterocycles. The molecule has 0 bridgehead atoms. The predicted molar refractivity (Wildman–Crippen MR) is 109 cm³/mol. The highest BCUT2D eigenvalue weighted by Gasteiger charge is 2.31. The molecule has 0 N–H and O–H groups in total. The van der Waals surface area contributed by atoms with Gasteiger partial charge >= 0.3 is 6.61 Å². The van der Waals surface area contributed by atoms with Crippen molar-refractivity contribution in [3.63, 3.8) is 0 Å². The van der Waals surface area contributed by atoms with Crippen LogP contribution < -0.4 is 9.47 Å². The number of halogens is 2. The largest absolute Gasteiger partial charge is 0.493 e. The Kier molecular flexibility index (Phi) is 6.54. The van der Waals surface area contributed by atoms with E-state index in [2.05, 4.69) is 9.84 Å². The van der Waals surface area contributed by atoms with Crippen molar-refractivity contribution in [2.24, 2.45) is 0 Å². The molecule has 1 fully saturated rings. The zero-order chi connectivity index (χ0) is 22.9. The molecule has 2 aromatic rings. The fourth-order valence-electron chi connectivity index (χ4n) is 3.77. The van der Waals surface area contributed by atoms with Gasteiger partial charge in [0, 0.05) is 30.4 Å². The number of methoxy groups -OCH3 is 1. The van der Waals surface area contributed by atoms with E-state index in [1.54, 1.807) is 11.7 Å². The van der Waals surface area contributed by atoms with Crippen molar-refractivity contribution >= 4 is 15.7 Å². The number of rotatable bonds is 7. The Morgan fingerprint density at radius 3 is 2.61 bits per heavy atom. The van der Waals surface area contributed by atoms with E-state index in [1.807, 2.05) is 13.8 Å². The molecule has 2 heterocycles. The summed E-state index contributed by atoms with van der Waals surface area (Å²) in [5.41, 5.74) is 2.63. The number of carbonyl (C=O) groups excluding carboxylic acids is 1. The average Bonchev–Trinajstić information content (AvgIpc) is 3.20. The van der Waals surface area contributed by atoms with Crippen LogP contribution in [0.1, 0.15) is 39.8 Å². The summed E-state index contributed by atoms with van der Waals surface area (Å²) in [6.07, 6.45) is 0.519. The molecule has 1 aliphatic rings. The van der Waals surface area contributed by atoms with Gasteiger partial charge in [0.1, 0.15) is 0 Å². The van der Waals surface area contributed by atoms with E-state index < -0.39 is 16.4 Å². The van der Waals surface area contributed by atoms with Crippen molar-refractivity contribution in [1.82, 2.24) is 14.7 Å². The van der Waals surface area contributed by atoms with Gasteiger partial charge in [-0.05, 0) is 38.5 Å². The highest BCUT2D eigenvalue weighted by molar-refractivity contribution is 7.91. The average molecular weight is 457 g/mol. The summed E-state index contributed by atoms with van der Waals surface area (Å²) >= 11 is 0. The van der Waals surface area contributed by atoms with Crippen molar-refractivity contribution in [2.75, 3.05) is 25.7 Å². The van der Waals surface area contributed by atoms with E-state index in [1.165, 1.54) is 30.2 Å². The van der Waals surface area contributed by atoms with Crippen molar-refractivity contribution < 1.29 is 31.5 Å². The molecule has 1 aromatic heterocycles. The quantitative estimate of drug-likeness (QED) is 0.635. The Labute approximate surface area is 179 Å². The van der Waals surface area contributed by atoms with E-state index in [4.69, 9.17) is 4.74 Å². The SMILES string of the molecule is COc1cc(C(=O)N(C)Cc2c(C)nn(C3CCS(=O)(=O)C3)c2C)ccc1OC(F)F. The van der Waals surface area contributed by atoms with E-state index in [0.717, 1.165) is 17.0 Å². The molecule has 1 amide bonds. The molecule has 8 nitrogen and oxygen atoms in total. The molecule has 1 unspecified atom stereocenters. The normalized spacial score (nSPS) is 17.7. The Hall–Kier alpha value is -2.69. The molecule has 1 atom stereocenters. The van der Waals surface area contributed by atoms with Gasteiger partial charge in [0.15, 0.2) is 21.3 Å². The smallest absolute Gasteiger partial charge is 0.387 e. The lowest BCUT2D eigenvalue weighted by Gasteiger charge is -2.19. The van der Waals surface area contributed by atoms with Gasteiger partial charge in [0.25, 0.3) is 5.91 Å². The molecule has 1 saturated heterocycles. The van der Waals surface area contributed by atoms with Gasteiger partial charge in [-0.1, -0.05) is 0 Å². The van der Waals surface area contributed by atoms with Gasteiger partial charge in [0.2, 0.25) is 0 Å². The van der Waals surface area contributed by atoms with E-state index in [-0.39, 0.29) is 47.1 Å². The van der Waals surface area contributed by atoms with E-state index in [0.29, 0.717) is 6.42 Å². The highest BCUT2D eigenvalue weighted by Crippen LogP contribution is 2.31. The maximum absolute atomic E-state index is 12.9. The first-order valence-corrected chi connectivity index (χ1v) is 11.5. The lowest BCUT2D eigenvalue weighted by molar-refractivity contribution is -0.0512. The minimum Gasteiger partial charge on any atom is -0.493 e. The van der Waals surface area contributed by atoms with Crippen LogP contribution in [0.15, 0.2) is 18.2 Å². The fraction of sp³-hybridized carbons (Fsp3) is 0.500. The standard InChI is InChI=1S/C20H25F2N3O5S/c1-12-16(13(2)25(23-12)15-7-8-31(27,28)11-15)10-24(3)19(26)14-5-6-17(30-20(21)22)18(9-14)29-4/h5-6,9,15,20H,7-8,10-11H2,1-4H3. The summed E-state index contributed by atoms with van der Waals surface area (Å²) < 4.78 is 59.8. The summed E-state index contributed by atoms with van der Waals surface area (Å²) in [5.74, 6) is -0.248. The van der Waals surface area contributed by atoms with Crippen LogP contribution in [0.4, 0.5) is 8.78 Å². The van der Waals surface area contributed by atoms with Gasteiger partial charge in [-0.2, -0.15) is 13.9 Å². The number of amides is 1. The van der Waals surface area contributed by atoms with Crippen molar-refractivity contribution in [2.45, 2.75) is 39.5 Å². The first-order chi connectivity index (χ1) is 14.5. The van der Waals surface area contributed by atoms with Gasteiger partial charge in [-0.25, -0.2) is 8.42 Å². The van der Waals surface area contributed by atoms with E-state index >= 15 is 0 Å². The Morgan fingerprint density at radius 2 is 2.03 bits per heavy atom. The highest BCUT2D eigenvalue weighted by atomic mass is 32.2. The number of alkyl halides is 2. The van der Waals surface area contributed by atoms with E-state index in [9.17, 15) is 22.0 Å². The number of aryl methyl sites for hydroxylation is 1. The molecule has 0 radical (unpaired) electrons. The molecule has 11 heteroatoms. The summed E-state index contributed by atoms with van der Waals surface area (Å²) in [7, 11) is -0.128. The first kappa shape index (κ1) is 23.0. The molecule has 170 valence electrons. The van der Waals surface area contributed by atoms with Crippen LogP contribution in [0.5, 0.6) is 11.5 Å². The number of aromatic nitrogens is 2. The zero-order valence-electron chi connectivity index (χ0n) is 17.8. The van der Waals surface area contributed by atoms with Crippen molar-refractivity contribution in [3.05, 3.63) is 40.7 Å². The molecule has 0 spiro atoms. The van der Waals surface area contributed by atoms with Crippen LogP contribution in [-0.2, 0) is 16.4 Å². The number of carbonyl (C=O) groups is 1. The molecule has 0 saturated carbocycles. The monoisotopic (exact) mass is 457 g/mol. The Morgan fingerprint density at radius 1 is 1.32 bits per heavy atom. The lowest BCUT2D eigenvalue weighted by Crippen LogP contribution is -2.27. The number of benzene rings is 1. The van der Waals surface area contributed by atoms with Gasteiger partial charge in [-0.15, -0.1) is 0 Å². The second kappa shape index (κ2) is 8.81. The van der Waals surface area contributed by atoms with Crippen LogP contribution in [0.2, 0.25) is 0 Å². The van der Waals surface area contributed by atoms with Gasteiger partial charge < -0.3 is 14.4 Å². The van der Waals surface area contributed by atoms with Crippen molar-refractivity contribution in [3.8, 4) is 11.5 Å². The van der Waals surface area contributed by atoms with Gasteiger partial charge in [-0.3, -0.25) is 9.48 Å². The summed E-state index contributed by atoms with van der Waals surface area (Å²) in [5, 5.41) is 4.52. The van der Waals surface area contributed by atoms with Gasteiger partial charge in [0.05, 0.1) is 30.4 Å². The van der Waals surface area contributed by atoms with Crippen LogP contribution in [0.25, 0.3) is 0 Å². The molecule has 0 aliphatic carbocycles. The number of ether oxygens (including phenoxy) is 2. The maximum atomic E-state index is 12.9. The topological polar surface area (TPSA) is 90.7 Å². The predicted octanol–water partition coefficient (Wildman–Crippen LogP) is 2.74. The Balaban J connectivity index is 1.79. The summed E-state index contributed by atoms with van der Waals surface area (Å²) in [4.78, 5) is 14.4. The first-order valence-electron chi connectivity index (χ1n) is 9.65. The molecule has 1 aromatic carbocycles. The molecular formula is C20H25F2N3O5S. The van der Waals surface area contributed by atoms with Crippen LogP contribution in [0.3, 0.4) is 0 Å². The molecule has 31 heavy (non-hydrogen) atoms. The third kappa shape index (κ3) is 4.97. The van der Waals surface area contributed by atoms with Crippen LogP contribution in [0, 0.1) is 13.8 Å². The summed E-state index contributed by atoms with van der Waals surface area (Å²) in [6, 6.07) is 3.81. The summed E-state index contributed by atoms with van der Waals surface area (Å²) in [6.45, 7) is 0.932.